The molecular weight excluding hydrogens is 230 g/mol. The predicted octanol–water partition coefficient (Wildman–Crippen LogP) is 3.10. The van der Waals surface area contributed by atoms with Crippen LogP contribution in [0.5, 0.6) is 0 Å². The first-order chi connectivity index (χ1) is 8.09. The topological polar surface area (TPSA) is 48.2 Å². The first kappa shape index (κ1) is 12.0. The summed E-state index contributed by atoms with van der Waals surface area (Å²) in [5, 5.41) is 12.9. The molecule has 1 aromatic rings. The van der Waals surface area contributed by atoms with Crippen LogP contribution in [0, 0.1) is 16.7 Å². The van der Waals surface area contributed by atoms with E-state index in [4.69, 9.17) is 5.26 Å². The molecule has 1 heterocycles. The van der Waals surface area contributed by atoms with E-state index in [1.165, 1.54) is 0 Å². The zero-order chi connectivity index (χ0) is 12.3. The summed E-state index contributed by atoms with van der Waals surface area (Å²) in [5.41, 5.74) is 1.95. The first-order valence-corrected chi connectivity index (χ1v) is 6.52. The van der Waals surface area contributed by atoms with E-state index in [0.29, 0.717) is 11.0 Å². The van der Waals surface area contributed by atoms with Crippen molar-refractivity contribution in [3.05, 3.63) is 29.8 Å². The van der Waals surface area contributed by atoms with Gasteiger partial charge in [0.25, 0.3) is 0 Å². The molecule has 0 aliphatic carbocycles. The standard InChI is InChI=1S/C13H15N3S/c1-13(2)8-15-12(17-9-13)16-11-5-3-10(7-14)4-6-11/h3-6H,8-9H2,1-2H3,(H,15,16). The van der Waals surface area contributed by atoms with Crippen molar-refractivity contribution in [1.29, 1.82) is 5.26 Å². The molecule has 4 heteroatoms. The highest BCUT2D eigenvalue weighted by Crippen LogP contribution is 2.28. The molecule has 2 rings (SSSR count). The quantitative estimate of drug-likeness (QED) is 0.827. The molecule has 0 aromatic heterocycles. The number of nitriles is 1. The van der Waals surface area contributed by atoms with Gasteiger partial charge in [0.15, 0.2) is 5.17 Å². The zero-order valence-corrected chi connectivity index (χ0v) is 10.8. The van der Waals surface area contributed by atoms with Gasteiger partial charge in [-0.3, -0.25) is 4.99 Å². The molecule has 1 aliphatic rings. The molecule has 3 nitrogen and oxygen atoms in total. The maximum atomic E-state index is 8.71. The lowest BCUT2D eigenvalue weighted by Crippen LogP contribution is -2.27. The highest BCUT2D eigenvalue weighted by Gasteiger charge is 2.23. The van der Waals surface area contributed by atoms with Gasteiger partial charge in [-0.25, -0.2) is 0 Å². The van der Waals surface area contributed by atoms with Gasteiger partial charge in [0.1, 0.15) is 0 Å². The summed E-state index contributed by atoms with van der Waals surface area (Å²) in [6.07, 6.45) is 0. The Kier molecular flexibility index (Phi) is 3.39. The van der Waals surface area contributed by atoms with E-state index < -0.39 is 0 Å². The van der Waals surface area contributed by atoms with E-state index in [-0.39, 0.29) is 0 Å². The first-order valence-electron chi connectivity index (χ1n) is 5.53. The Labute approximate surface area is 106 Å². The second-order valence-electron chi connectivity index (χ2n) is 4.89. The summed E-state index contributed by atoms with van der Waals surface area (Å²) in [6.45, 7) is 5.31. The van der Waals surface area contributed by atoms with Gasteiger partial charge < -0.3 is 5.32 Å². The molecule has 0 saturated heterocycles. The van der Waals surface area contributed by atoms with Gasteiger partial charge >= 0.3 is 0 Å². The van der Waals surface area contributed by atoms with Crippen LogP contribution in [0.25, 0.3) is 0 Å². The maximum absolute atomic E-state index is 8.71. The van der Waals surface area contributed by atoms with Crippen LogP contribution in [0.3, 0.4) is 0 Å². The molecule has 0 atom stereocenters. The number of amidine groups is 1. The van der Waals surface area contributed by atoms with Crippen molar-refractivity contribution in [1.82, 2.24) is 0 Å². The van der Waals surface area contributed by atoms with Crippen LogP contribution in [0.1, 0.15) is 19.4 Å². The number of thioether (sulfide) groups is 1. The Morgan fingerprint density at radius 3 is 2.59 bits per heavy atom. The number of nitrogens with one attached hydrogen (secondary N) is 1. The minimum Gasteiger partial charge on any atom is -0.335 e. The van der Waals surface area contributed by atoms with Crippen molar-refractivity contribution in [3.8, 4) is 6.07 Å². The highest BCUT2D eigenvalue weighted by atomic mass is 32.2. The normalized spacial score (nSPS) is 18.1. The second-order valence-corrected chi connectivity index (χ2v) is 5.85. The molecule has 0 amide bonds. The smallest absolute Gasteiger partial charge is 0.161 e. The molecule has 1 aliphatic heterocycles. The van der Waals surface area contributed by atoms with Crippen molar-refractivity contribution in [2.24, 2.45) is 10.4 Å². The van der Waals surface area contributed by atoms with E-state index in [1.807, 2.05) is 12.1 Å². The fourth-order valence-electron chi connectivity index (χ4n) is 1.47. The van der Waals surface area contributed by atoms with Crippen LogP contribution in [0.2, 0.25) is 0 Å². The predicted molar refractivity (Wildman–Crippen MR) is 73.3 cm³/mol. The Morgan fingerprint density at radius 1 is 1.35 bits per heavy atom. The molecule has 0 unspecified atom stereocenters. The fraction of sp³-hybridized carbons (Fsp3) is 0.385. The van der Waals surface area contributed by atoms with Crippen molar-refractivity contribution in [3.63, 3.8) is 0 Å². The Bertz CT molecular complexity index is 468. The van der Waals surface area contributed by atoms with Crippen LogP contribution in [0.15, 0.2) is 29.3 Å². The van der Waals surface area contributed by atoms with Crippen molar-refractivity contribution in [2.75, 3.05) is 17.6 Å². The second kappa shape index (κ2) is 4.80. The maximum Gasteiger partial charge on any atom is 0.161 e. The van der Waals surface area contributed by atoms with Crippen LogP contribution in [-0.2, 0) is 0 Å². The Morgan fingerprint density at radius 2 is 2.06 bits per heavy atom. The molecule has 17 heavy (non-hydrogen) atoms. The molecule has 1 N–H and O–H groups in total. The van der Waals surface area contributed by atoms with Gasteiger partial charge in [-0.15, -0.1) is 0 Å². The Hall–Kier alpha value is -1.47. The van der Waals surface area contributed by atoms with E-state index in [9.17, 15) is 0 Å². The minimum atomic E-state index is 0.292. The lowest BCUT2D eigenvalue weighted by Gasteiger charge is -2.27. The summed E-state index contributed by atoms with van der Waals surface area (Å²) >= 11 is 1.75. The average molecular weight is 245 g/mol. The minimum absolute atomic E-state index is 0.292. The van der Waals surface area contributed by atoms with Crippen LogP contribution < -0.4 is 5.32 Å². The molecule has 88 valence electrons. The molecule has 0 fully saturated rings. The van der Waals surface area contributed by atoms with Gasteiger partial charge in [-0.1, -0.05) is 25.6 Å². The monoisotopic (exact) mass is 245 g/mol. The summed E-state index contributed by atoms with van der Waals surface area (Å²) in [6, 6.07) is 9.53. The third-order valence-electron chi connectivity index (χ3n) is 2.52. The van der Waals surface area contributed by atoms with E-state index in [1.54, 1.807) is 23.9 Å². The molecule has 0 saturated carbocycles. The lowest BCUT2D eigenvalue weighted by molar-refractivity contribution is 0.438. The third kappa shape index (κ3) is 3.24. The van der Waals surface area contributed by atoms with Crippen LogP contribution in [-0.4, -0.2) is 17.5 Å². The third-order valence-corrected chi connectivity index (χ3v) is 3.95. The average Bonchev–Trinajstić information content (AvgIpc) is 2.33. The fourth-order valence-corrected chi connectivity index (χ4v) is 2.43. The molecule has 0 radical (unpaired) electrons. The van der Waals surface area contributed by atoms with Crippen molar-refractivity contribution in [2.45, 2.75) is 13.8 Å². The molecule has 1 aromatic carbocycles. The number of aliphatic imine (C=N–C) groups is 1. The lowest BCUT2D eigenvalue weighted by atomic mass is 9.97. The molecular formula is C13H15N3S. The van der Waals surface area contributed by atoms with E-state index >= 15 is 0 Å². The number of nitrogens with zero attached hydrogens (tertiary/aromatic N) is 2. The largest absolute Gasteiger partial charge is 0.335 e. The molecule has 0 spiro atoms. The summed E-state index contributed by atoms with van der Waals surface area (Å²) in [7, 11) is 0. The van der Waals surface area contributed by atoms with Gasteiger partial charge in [0.2, 0.25) is 0 Å². The van der Waals surface area contributed by atoms with Gasteiger partial charge in [-0.05, 0) is 29.7 Å². The van der Waals surface area contributed by atoms with Crippen LogP contribution >= 0.6 is 11.8 Å². The number of hydrogen-bond acceptors (Lipinski definition) is 4. The van der Waals surface area contributed by atoms with Gasteiger partial charge in [-0.2, -0.15) is 5.26 Å². The number of benzene rings is 1. The van der Waals surface area contributed by atoms with Crippen molar-refractivity contribution >= 4 is 22.6 Å². The molecule has 0 bridgehead atoms. The number of rotatable bonds is 1. The van der Waals surface area contributed by atoms with E-state index in [2.05, 4.69) is 30.2 Å². The van der Waals surface area contributed by atoms with E-state index in [0.717, 1.165) is 23.2 Å². The Balaban J connectivity index is 2.02. The van der Waals surface area contributed by atoms with Gasteiger partial charge in [0.05, 0.1) is 11.6 Å². The van der Waals surface area contributed by atoms with Crippen molar-refractivity contribution < 1.29 is 0 Å². The highest BCUT2D eigenvalue weighted by molar-refractivity contribution is 8.14. The van der Waals surface area contributed by atoms with Gasteiger partial charge in [0, 0.05) is 18.0 Å². The summed E-state index contributed by atoms with van der Waals surface area (Å²) in [5.74, 6) is 1.08. The zero-order valence-electron chi connectivity index (χ0n) is 10.0. The number of hydrogen-bond donors (Lipinski definition) is 1. The SMILES string of the molecule is CC1(C)CN=C(Nc2ccc(C#N)cc2)SC1. The van der Waals surface area contributed by atoms with Crippen LogP contribution in [0.4, 0.5) is 5.69 Å². The number of anilines is 1. The summed E-state index contributed by atoms with van der Waals surface area (Å²) < 4.78 is 0. The summed E-state index contributed by atoms with van der Waals surface area (Å²) in [4.78, 5) is 4.52.